The van der Waals surface area contributed by atoms with E-state index in [2.05, 4.69) is 20.4 Å². The summed E-state index contributed by atoms with van der Waals surface area (Å²) in [4.78, 5) is 30.0. The van der Waals surface area contributed by atoms with Crippen molar-refractivity contribution in [2.24, 2.45) is 0 Å². The fourth-order valence-corrected chi connectivity index (χ4v) is 3.74. The van der Waals surface area contributed by atoms with Gasteiger partial charge in [-0.15, -0.1) is 5.10 Å². The molecule has 0 aliphatic carbocycles. The fourth-order valence-electron chi connectivity index (χ4n) is 2.52. The van der Waals surface area contributed by atoms with Gasteiger partial charge in [0.05, 0.1) is 22.0 Å². The molecule has 0 saturated carbocycles. The standard InChI is InChI=1S/C16H9Cl2N5O3S/c17-12-8(5-19-14(18)13(12)24)6-23-15(25)11(27-16(23)26)4-7-1-2-9-10(3-7)21-22-20-9/h1-5,24H,6H2,(H,20,21,22)/b11-4-. The summed E-state index contributed by atoms with van der Waals surface area (Å²) < 4.78 is 0. The van der Waals surface area contributed by atoms with Crippen LogP contribution in [-0.4, -0.2) is 41.5 Å². The van der Waals surface area contributed by atoms with E-state index in [4.69, 9.17) is 23.2 Å². The minimum atomic E-state index is -0.460. The van der Waals surface area contributed by atoms with Crippen molar-refractivity contribution >= 4 is 63.2 Å². The number of aromatic nitrogens is 4. The number of imide groups is 1. The largest absolute Gasteiger partial charge is 0.504 e. The molecule has 2 aromatic heterocycles. The molecule has 136 valence electrons. The summed E-state index contributed by atoms with van der Waals surface area (Å²) in [6.07, 6.45) is 2.93. The fraction of sp³-hybridized carbons (Fsp3) is 0.0625. The van der Waals surface area contributed by atoms with Crippen LogP contribution in [0.25, 0.3) is 17.1 Å². The number of nitrogens with zero attached hydrogens (tertiary/aromatic N) is 4. The summed E-state index contributed by atoms with van der Waals surface area (Å²) in [6.45, 7) is -0.123. The molecule has 4 rings (SSSR count). The molecule has 0 spiro atoms. The number of carbonyl (C=O) groups is 2. The van der Waals surface area contributed by atoms with E-state index in [1.54, 1.807) is 24.3 Å². The van der Waals surface area contributed by atoms with Crippen LogP contribution in [0, 0.1) is 0 Å². The van der Waals surface area contributed by atoms with Gasteiger partial charge in [-0.25, -0.2) is 4.98 Å². The zero-order valence-corrected chi connectivity index (χ0v) is 15.6. The lowest BCUT2D eigenvalue weighted by atomic mass is 10.2. The van der Waals surface area contributed by atoms with E-state index >= 15 is 0 Å². The first-order chi connectivity index (χ1) is 12.9. The molecule has 2 amide bonds. The van der Waals surface area contributed by atoms with Crippen molar-refractivity contribution in [1.82, 2.24) is 25.3 Å². The lowest BCUT2D eigenvalue weighted by Crippen LogP contribution is -2.27. The summed E-state index contributed by atoms with van der Waals surface area (Å²) >= 11 is 12.5. The third-order valence-electron chi connectivity index (χ3n) is 3.87. The van der Waals surface area contributed by atoms with Crippen molar-refractivity contribution in [3.05, 3.63) is 50.6 Å². The molecule has 3 heterocycles. The Balaban J connectivity index is 1.61. The van der Waals surface area contributed by atoms with E-state index in [-0.39, 0.29) is 27.4 Å². The molecule has 2 N–H and O–H groups in total. The predicted molar refractivity (Wildman–Crippen MR) is 101 cm³/mol. The Morgan fingerprint density at radius 1 is 1.30 bits per heavy atom. The first-order valence-electron chi connectivity index (χ1n) is 7.52. The van der Waals surface area contributed by atoms with Crippen molar-refractivity contribution in [1.29, 1.82) is 0 Å². The maximum absolute atomic E-state index is 12.6. The highest BCUT2D eigenvalue weighted by Crippen LogP contribution is 2.37. The average Bonchev–Trinajstić information content (AvgIpc) is 3.21. The Morgan fingerprint density at radius 2 is 2.11 bits per heavy atom. The van der Waals surface area contributed by atoms with Crippen LogP contribution in [0.2, 0.25) is 10.2 Å². The molecule has 0 radical (unpaired) electrons. The number of aromatic amines is 1. The molecule has 27 heavy (non-hydrogen) atoms. The van der Waals surface area contributed by atoms with Crippen LogP contribution in [0.1, 0.15) is 11.1 Å². The van der Waals surface area contributed by atoms with Crippen molar-refractivity contribution < 1.29 is 14.7 Å². The molecule has 1 aliphatic heterocycles. The zero-order chi connectivity index (χ0) is 19.1. The quantitative estimate of drug-likeness (QED) is 0.490. The van der Waals surface area contributed by atoms with Gasteiger partial charge in [-0.1, -0.05) is 34.5 Å². The predicted octanol–water partition coefficient (Wildman–Crippen LogP) is 3.60. The minimum absolute atomic E-state index is 0.0461. The molecule has 11 heteroatoms. The van der Waals surface area contributed by atoms with E-state index in [9.17, 15) is 14.7 Å². The zero-order valence-electron chi connectivity index (χ0n) is 13.3. The van der Waals surface area contributed by atoms with Gasteiger partial charge in [-0.3, -0.25) is 19.6 Å². The third kappa shape index (κ3) is 3.25. The van der Waals surface area contributed by atoms with Crippen molar-refractivity contribution in [2.45, 2.75) is 6.54 Å². The molecule has 3 aromatic rings. The number of H-pyrrole nitrogens is 1. The molecule has 0 unspecified atom stereocenters. The van der Waals surface area contributed by atoms with Gasteiger partial charge in [-0.05, 0) is 35.5 Å². The molecule has 1 saturated heterocycles. The number of fused-ring (bicyclic) bond motifs is 1. The second-order valence-corrected chi connectivity index (χ2v) is 7.32. The third-order valence-corrected chi connectivity index (χ3v) is 5.47. The number of pyridine rings is 1. The Kier molecular flexibility index (Phi) is 4.50. The van der Waals surface area contributed by atoms with E-state index < -0.39 is 11.1 Å². The van der Waals surface area contributed by atoms with Crippen LogP contribution in [0.4, 0.5) is 4.79 Å². The molecule has 1 fully saturated rings. The molecule has 1 aromatic carbocycles. The highest BCUT2D eigenvalue weighted by Gasteiger charge is 2.35. The number of carbonyl (C=O) groups excluding carboxylic acids is 2. The topological polar surface area (TPSA) is 112 Å². The van der Waals surface area contributed by atoms with Crippen LogP contribution in [0.5, 0.6) is 5.75 Å². The molecule has 0 bridgehead atoms. The number of amides is 2. The Hall–Kier alpha value is -2.62. The molecular formula is C16H9Cl2N5O3S. The monoisotopic (exact) mass is 421 g/mol. The Labute approximate surface area is 166 Å². The van der Waals surface area contributed by atoms with Gasteiger partial charge in [0.25, 0.3) is 11.1 Å². The lowest BCUT2D eigenvalue weighted by molar-refractivity contribution is -0.123. The Bertz CT molecular complexity index is 1130. The van der Waals surface area contributed by atoms with E-state index in [0.29, 0.717) is 11.1 Å². The second-order valence-electron chi connectivity index (χ2n) is 5.59. The number of nitrogens with one attached hydrogen (secondary N) is 1. The van der Waals surface area contributed by atoms with Gasteiger partial charge in [0.2, 0.25) is 0 Å². The number of rotatable bonds is 3. The van der Waals surface area contributed by atoms with Crippen LogP contribution in [0.3, 0.4) is 0 Å². The summed E-state index contributed by atoms with van der Waals surface area (Å²) in [7, 11) is 0. The Morgan fingerprint density at radius 3 is 2.93 bits per heavy atom. The van der Waals surface area contributed by atoms with Crippen LogP contribution in [0.15, 0.2) is 29.3 Å². The highest BCUT2D eigenvalue weighted by molar-refractivity contribution is 8.18. The number of hydrogen-bond acceptors (Lipinski definition) is 7. The minimum Gasteiger partial charge on any atom is -0.504 e. The van der Waals surface area contributed by atoms with Crippen molar-refractivity contribution in [2.75, 3.05) is 0 Å². The smallest absolute Gasteiger partial charge is 0.293 e. The summed E-state index contributed by atoms with van der Waals surface area (Å²) in [5, 5.41) is 19.5. The normalized spacial score (nSPS) is 16.1. The van der Waals surface area contributed by atoms with Crippen molar-refractivity contribution in [3.8, 4) is 5.75 Å². The molecular weight excluding hydrogens is 413 g/mol. The summed E-state index contributed by atoms with van der Waals surface area (Å²) in [5.74, 6) is -0.849. The summed E-state index contributed by atoms with van der Waals surface area (Å²) in [6, 6.07) is 5.31. The van der Waals surface area contributed by atoms with Gasteiger partial charge >= 0.3 is 0 Å². The van der Waals surface area contributed by atoms with E-state index in [1.807, 2.05) is 0 Å². The maximum atomic E-state index is 12.6. The highest BCUT2D eigenvalue weighted by atomic mass is 35.5. The number of benzene rings is 1. The second kappa shape index (κ2) is 6.84. The van der Waals surface area contributed by atoms with E-state index in [1.165, 1.54) is 6.20 Å². The number of thioether (sulfide) groups is 1. The van der Waals surface area contributed by atoms with Crippen molar-refractivity contribution in [3.63, 3.8) is 0 Å². The SMILES string of the molecule is O=C1S/C(=C\c2ccc3nn[nH]c3c2)C(=O)N1Cc1cnc(Cl)c(O)c1Cl. The van der Waals surface area contributed by atoms with Gasteiger partial charge in [0.15, 0.2) is 10.9 Å². The van der Waals surface area contributed by atoms with Gasteiger partial charge in [0.1, 0.15) is 5.52 Å². The molecule has 1 aliphatic rings. The van der Waals surface area contributed by atoms with Crippen LogP contribution < -0.4 is 0 Å². The lowest BCUT2D eigenvalue weighted by Gasteiger charge is -2.14. The first-order valence-corrected chi connectivity index (χ1v) is 9.09. The van der Waals surface area contributed by atoms with Gasteiger partial charge in [0, 0.05) is 11.8 Å². The molecule has 0 atom stereocenters. The number of hydrogen-bond donors (Lipinski definition) is 2. The molecule has 8 nitrogen and oxygen atoms in total. The summed E-state index contributed by atoms with van der Waals surface area (Å²) in [5.41, 5.74) is 2.46. The number of halogens is 2. The first kappa shape index (κ1) is 17.8. The van der Waals surface area contributed by atoms with Gasteiger partial charge < -0.3 is 5.11 Å². The van der Waals surface area contributed by atoms with E-state index in [0.717, 1.165) is 27.7 Å². The van der Waals surface area contributed by atoms with Crippen LogP contribution in [-0.2, 0) is 11.3 Å². The average molecular weight is 422 g/mol. The maximum Gasteiger partial charge on any atom is 0.293 e. The van der Waals surface area contributed by atoms with Gasteiger partial charge in [-0.2, -0.15) is 0 Å². The number of aromatic hydroxyl groups is 1. The van der Waals surface area contributed by atoms with Crippen LogP contribution >= 0.6 is 35.0 Å².